The monoisotopic (exact) mass is 1150 g/mol. The van der Waals surface area contributed by atoms with E-state index in [4.69, 9.17) is 25.3 Å². The van der Waals surface area contributed by atoms with E-state index in [-0.39, 0.29) is 25.3 Å². The van der Waals surface area contributed by atoms with Crippen molar-refractivity contribution in [3.05, 3.63) is 0 Å². The maximum absolute atomic E-state index is 11.0. The first kappa shape index (κ1) is 76.3. The summed E-state index contributed by atoms with van der Waals surface area (Å²) >= 11 is 0. The van der Waals surface area contributed by atoms with Gasteiger partial charge in [-0.2, -0.15) is 5.06 Å². The van der Waals surface area contributed by atoms with E-state index < -0.39 is 9.84 Å². The Kier molecular flexibility index (Phi) is 41.6. The average molecular weight is 1150 g/mol. The van der Waals surface area contributed by atoms with Crippen LogP contribution >= 0.6 is 0 Å². The molecule has 0 aliphatic carbocycles. The van der Waals surface area contributed by atoms with Crippen LogP contribution in [0.25, 0.3) is 0 Å². The van der Waals surface area contributed by atoms with Gasteiger partial charge < -0.3 is 40.0 Å². The Hall–Kier alpha value is -0.690. The summed E-state index contributed by atoms with van der Waals surface area (Å²) < 4.78 is 27.2. The van der Waals surface area contributed by atoms with Gasteiger partial charge in [0.1, 0.15) is 0 Å². The molecule has 8 aliphatic rings. The normalized spacial score (nSPS) is 24.8. The third-order valence-electron chi connectivity index (χ3n) is 16.9. The number of morpholine rings is 1. The van der Waals surface area contributed by atoms with Crippen LogP contribution in [0.15, 0.2) is 0 Å². The maximum atomic E-state index is 11.0. The largest absolute Gasteiger partial charge is 0.395 e. The van der Waals surface area contributed by atoms with Crippen LogP contribution in [-0.2, 0) is 14.6 Å². The summed E-state index contributed by atoms with van der Waals surface area (Å²) in [5.41, 5.74) is 0. The smallest absolute Gasteiger partial charge is 0.152 e. The highest BCUT2D eigenvalue weighted by molar-refractivity contribution is 7.91. The molecule has 0 radical (unpaired) electrons. The molecule has 0 saturated carbocycles. The number of hydroxylamine groups is 2. The van der Waals surface area contributed by atoms with Crippen LogP contribution in [0.4, 0.5) is 0 Å². The van der Waals surface area contributed by atoms with E-state index in [0.29, 0.717) is 61.4 Å². The van der Waals surface area contributed by atoms with Gasteiger partial charge in [0.15, 0.2) is 9.84 Å². The maximum Gasteiger partial charge on any atom is 0.152 e. The van der Waals surface area contributed by atoms with Crippen molar-refractivity contribution in [1.82, 2.24) is 54.1 Å². The fourth-order valence-electron chi connectivity index (χ4n) is 10.9. The number of piperazine rings is 3. The van der Waals surface area contributed by atoms with E-state index in [2.05, 4.69) is 167 Å². The molecule has 4 N–H and O–H groups in total. The van der Waals surface area contributed by atoms with Gasteiger partial charge in [-0.25, -0.2) is 8.42 Å². The minimum absolute atomic E-state index is 0.217. The summed E-state index contributed by atoms with van der Waals surface area (Å²) in [6.45, 7) is 60.7. The molecule has 18 nitrogen and oxygen atoms in total. The molecular weight excluding hydrogens is 1020 g/mol. The number of ether oxygens (including phenoxy) is 1. The number of hydrogen-bond acceptors (Lipinski definition) is 18. The lowest BCUT2D eigenvalue weighted by Gasteiger charge is -2.36. The predicted molar refractivity (Wildman–Crippen MR) is 333 cm³/mol. The SMILES string of the molecule is CC(C)N1C(CO)CCC1CO.CC(C)N1CCC1.CC(C)N1CCCC1.CC(C)N1CCN(C)CC1.CC(C)N1CCN(CCO)CC1.CC(C)N1CCN(O)CC1.CC(C)N1CCOCC1.CC(C)N1CCS(=O)(=O)CC1. The van der Waals surface area contributed by atoms with Crippen molar-refractivity contribution in [1.29, 1.82) is 0 Å². The zero-order valence-corrected chi connectivity index (χ0v) is 55.3. The summed E-state index contributed by atoms with van der Waals surface area (Å²) in [7, 11) is -0.499. The number of rotatable bonds is 12. The van der Waals surface area contributed by atoms with Crippen molar-refractivity contribution in [2.24, 2.45) is 0 Å². The molecule has 0 spiro atoms. The van der Waals surface area contributed by atoms with E-state index in [1.54, 1.807) is 0 Å². The minimum Gasteiger partial charge on any atom is -0.395 e. The van der Waals surface area contributed by atoms with Crippen LogP contribution in [0.5, 0.6) is 0 Å². The van der Waals surface area contributed by atoms with Gasteiger partial charge in [-0.3, -0.25) is 34.3 Å². The molecule has 8 rings (SSSR count). The van der Waals surface area contributed by atoms with Crippen molar-refractivity contribution < 1.29 is 33.7 Å². The van der Waals surface area contributed by atoms with Crippen LogP contribution in [0.3, 0.4) is 0 Å². The minimum atomic E-state index is -2.69. The van der Waals surface area contributed by atoms with Crippen molar-refractivity contribution in [2.75, 3.05) is 189 Å². The molecule has 0 aromatic carbocycles. The highest BCUT2D eigenvalue weighted by atomic mass is 32.2. The second-order valence-corrected chi connectivity index (χ2v) is 27.6. The van der Waals surface area contributed by atoms with Gasteiger partial charge in [0.25, 0.3) is 0 Å². The number of hydrogen-bond donors (Lipinski definition) is 4. The Balaban J connectivity index is 0.000000454. The van der Waals surface area contributed by atoms with Crippen LogP contribution in [0, 0.1) is 0 Å². The van der Waals surface area contributed by atoms with Crippen LogP contribution < -0.4 is 0 Å². The lowest BCUT2D eigenvalue weighted by molar-refractivity contribution is -0.120. The number of nitrogens with zero attached hydrogens (tertiary/aromatic N) is 11. The molecule has 0 aromatic heterocycles. The van der Waals surface area contributed by atoms with Crippen LogP contribution in [-0.4, -0.2) is 332 Å². The molecule has 8 saturated heterocycles. The highest BCUT2D eigenvalue weighted by Gasteiger charge is 2.34. The molecule has 0 amide bonds. The molecule has 8 fully saturated rings. The van der Waals surface area contributed by atoms with Crippen LogP contribution in [0.2, 0.25) is 0 Å². The summed E-state index contributed by atoms with van der Waals surface area (Å²) in [5, 5.41) is 37.3. The Labute approximate surface area is 487 Å². The van der Waals surface area contributed by atoms with E-state index in [1.165, 1.54) is 76.7 Å². The first-order valence-corrected chi connectivity index (χ1v) is 33.5. The topological polar surface area (TPSA) is 160 Å². The van der Waals surface area contributed by atoms with Gasteiger partial charge in [0.2, 0.25) is 0 Å². The quantitative estimate of drug-likeness (QED) is 0.213. The molecular formula is C60H131N11O7S. The van der Waals surface area contributed by atoms with E-state index in [0.717, 1.165) is 116 Å². The van der Waals surface area contributed by atoms with Gasteiger partial charge in [-0.1, -0.05) is 0 Å². The zero-order valence-electron chi connectivity index (χ0n) is 54.4. The Morgan fingerprint density at radius 1 is 0.405 bits per heavy atom. The second-order valence-electron chi connectivity index (χ2n) is 25.3. The van der Waals surface area contributed by atoms with Crippen LogP contribution in [0.1, 0.15) is 143 Å². The van der Waals surface area contributed by atoms with Gasteiger partial charge in [0.05, 0.1) is 44.5 Å². The van der Waals surface area contributed by atoms with Crippen molar-refractivity contribution in [3.8, 4) is 0 Å². The molecule has 0 aromatic rings. The number of aliphatic hydroxyl groups excluding tert-OH is 3. The van der Waals surface area contributed by atoms with Crippen molar-refractivity contribution in [2.45, 2.75) is 203 Å². The number of β-amino-alcohol motifs (C(OH)–C–C–N with tert-alkyl or cyclic N) is 1. The third kappa shape index (κ3) is 33.6. The zero-order chi connectivity index (χ0) is 59.7. The van der Waals surface area contributed by atoms with Crippen molar-refractivity contribution in [3.63, 3.8) is 0 Å². The molecule has 474 valence electrons. The van der Waals surface area contributed by atoms with Crippen molar-refractivity contribution >= 4 is 9.84 Å². The van der Waals surface area contributed by atoms with Gasteiger partial charge >= 0.3 is 0 Å². The summed E-state index contributed by atoms with van der Waals surface area (Å²) in [4.78, 5) is 23.9. The lowest BCUT2D eigenvalue weighted by atomic mass is 10.2. The summed E-state index contributed by atoms with van der Waals surface area (Å²) in [6, 6.07) is 5.69. The highest BCUT2D eigenvalue weighted by Crippen LogP contribution is 2.26. The molecule has 8 aliphatic heterocycles. The number of sulfone groups is 1. The van der Waals surface area contributed by atoms with Gasteiger partial charge in [0, 0.05) is 172 Å². The summed E-state index contributed by atoms with van der Waals surface area (Å²) in [5.74, 6) is 0.677. The Morgan fingerprint density at radius 3 is 1.01 bits per heavy atom. The number of likely N-dealkylation sites (N-methyl/N-ethyl adjacent to an activating group) is 1. The molecule has 19 heteroatoms. The number of aliphatic hydroxyl groups is 3. The van der Waals surface area contributed by atoms with E-state index in [1.807, 2.05) is 0 Å². The molecule has 0 bridgehead atoms. The fraction of sp³-hybridized carbons (Fsp3) is 1.00. The molecule has 79 heavy (non-hydrogen) atoms. The van der Waals surface area contributed by atoms with Gasteiger partial charge in [-0.15, -0.1) is 0 Å². The predicted octanol–water partition coefficient (Wildman–Crippen LogP) is 4.70. The molecule has 8 heterocycles. The molecule has 2 unspecified atom stereocenters. The average Bonchev–Trinajstić information content (AvgIpc) is 4.10. The van der Waals surface area contributed by atoms with E-state index >= 15 is 0 Å². The first-order chi connectivity index (χ1) is 37.3. The van der Waals surface area contributed by atoms with Gasteiger partial charge in [-0.05, 0) is 176 Å². The lowest BCUT2D eigenvalue weighted by Crippen LogP contribution is -2.49. The third-order valence-corrected chi connectivity index (χ3v) is 18.5. The summed E-state index contributed by atoms with van der Waals surface area (Å²) in [6.07, 6.45) is 6.27. The standard InChI is InChI=1S/C9H20N2O.C9H19NO2.C8H18N2.C7H16N2O.C7H15NO2S.C7H15NO.C7H15N.C6H13N/c1-9(2)11-5-3-10(4-6-11)7-8-12;1-7(2)10-8(5-11)3-4-9(10)6-12;1-8(2)10-6-4-9(3)5-7-10;1-7(2)8-3-5-9(10)6-4-8;1-7(2)8-3-5-11(9,10)6-4-8;1-7(2)8-3-5-9-6-4-8;1-7(2)8-5-3-4-6-8;1-6(2)7-4-3-5-7/h9,12H,3-8H2,1-2H3;7-9,11-12H,3-6H2,1-2H3;8H,4-7H2,1-3H3;7,10H,3-6H2,1-2H3;7H,3-6H2,1-2H3;7H,3-6H2,1-2H3;7H,3-6H2,1-2H3;6H,3-5H2,1-2H3. The fourth-order valence-corrected chi connectivity index (χ4v) is 12.1. The first-order valence-electron chi connectivity index (χ1n) is 31.7. The van der Waals surface area contributed by atoms with E-state index in [9.17, 15) is 8.42 Å². The Bertz CT molecular complexity index is 1480. The number of likely N-dealkylation sites (tertiary alicyclic amines) is 3. The Morgan fingerprint density at radius 2 is 0.722 bits per heavy atom. The second kappa shape index (κ2) is 43.0. The molecule has 2 atom stereocenters.